The molecule has 21 heavy (non-hydrogen) atoms. The van der Waals surface area contributed by atoms with Crippen LogP contribution in [0, 0.1) is 5.92 Å². The number of halogens is 1. The molecule has 0 aromatic carbocycles. The molecular weight excluding hydrogens is 342 g/mol. The summed E-state index contributed by atoms with van der Waals surface area (Å²) < 4.78 is 16.3. The number of rotatable bonds is 4. The van der Waals surface area contributed by atoms with Crippen molar-refractivity contribution in [3.8, 4) is 11.7 Å². The Hall–Kier alpha value is -1.67. The van der Waals surface area contributed by atoms with E-state index in [4.69, 9.17) is 13.6 Å². The van der Waals surface area contributed by atoms with E-state index in [0.29, 0.717) is 35.3 Å². The van der Waals surface area contributed by atoms with Crippen LogP contribution in [0.2, 0.25) is 0 Å². The van der Waals surface area contributed by atoms with Gasteiger partial charge in [0.1, 0.15) is 0 Å². The Bertz CT molecular complexity index is 639. The molecule has 1 aliphatic rings. The summed E-state index contributed by atoms with van der Waals surface area (Å²) in [6.45, 7) is 1.98. The molecule has 1 unspecified atom stereocenters. The van der Waals surface area contributed by atoms with E-state index in [9.17, 15) is 4.79 Å². The molecule has 3 rings (SSSR count). The zero-order valence-electron chi connectivity index (χ0n) is 11.4. The van der Waals surface area contributed by atoms with Gasteiger partial charge in [-0.15, -0.1) is 10.2 Å². The number of methoxy groups -OCH3 is 1. The maximum Gasteiger partial charge on any atom is 0.310 e. The number of furan rings is 1. The summed E-state index contributed by atoms with van der Waals surface area (Å²) >= 11 is 3.23. The van der Waals surface area contributed by atoms with E-state index in [0.717, 1.165) is 13.0 Å². The number of carbonyl (C=O) groups excluding carboxylic acids is 1. The molecule has 2 aromatic heterocycles. The summed E-state index contributed by atoms with van der Waals surface area (Å²) in [5.74, 6) is 1.14. The molecule has 0 spiro atoms. The molecule has 0 bridgehead atoms. The van der Waals surface area contributed by atoms with Crippen LogP contribution >= 0.6 is 15.9 Å². The van der Waals surface area contributed by atoms with E-state index in [1.54, 1.807) is 12.1 Å². The SMILES string of the molecule is COC(=O)C1CCN(Cc2nnc(-c3ccc(Br)o3)o2)C1. The second kappa shape index (κ2) is 5.98. The Kier molecular flexibility index (Phi) is 4.07. The Morgan fingerprint density at radius 3 is 3.05 bits per heavy atom. The molecule has 1 aliphatic heterocycles. The minimum absolute atomic E-state index is 0.0709. The van der Waals surface area contributed by atoms with Gasteiger partial charge in [-0.3, -0.25) is 9.69 Å². The first-order chi connectivity index (χ1) is 10.2. The lowest BCUT2D eigenvalue weighted by atomic mass is 10.1. The number of likely N-dealkylation sites (tertiary alicyclic amines) is 1. The van der Waals surface area contributed by atoms with Crippen LogP contribution in [-0.2, 0) is 16.1 Å². The van der Waals surface area contributed by atoms with Crippen LogP contribution in [0.3, 0.4) is 0 Å². The summed E-state index contributed by atoms with van der Waals surface area (Å²) in [6, 6.07) is 3.52. The smallest absolute Gasteiger partial charge is 0.310 e. The molecule has 7 nitrogen and oxygen atoms in total. The minimum Gasteiger partial charge on any atom is -0.469 e. The average Bonchev–Trinajstić information content (AvgIpc) is 3.19. The Morgan fingerprint density at radius 1 is 1.48 bits per heavy atom. The van der Waals surface area contributed by atoms with Crippen molar-refractivity contribution in [1.29, 1.82) is 0 Å². The summed E-state index contributed by atoms with van der Waals surface area (Å²) in [5.41, 5.74) is 0. The maximum absolute atomic E-state index is 11.5. The molecule has 0 radical (unpaired) electrons. The van der Waals surface area contributed by atoms with Crippen LogP contribution in [0.4, 0.5) is 0 Å². The van der Waals surface area contributed by atoms with Crippen molar-refractivity contribution in [3.05, 3.63) is 22.7 Å². The third-order valence-corrected chi connectivity index (χ3v) is 3.84. The van der Waals surface area contributed by atoms with Gasteiger partial charge in [0.05, 0.1) is 19.6 Å². The first-order valence-electron chi connectivity index (χ1n) is 6.54. The number of esters is 1. The zero-order chi connectivity index (χ0) is 14.8. The minimum atomic E-state index is -0.163. The summed E-state index contributed by atoms with van der Waals surface area (Å²) in [4.78, 5) is 13.6. The van der Waals surface area contributed by atoms with Crippen molar-refractivity contribution < 1.29 is 18.4 Å². The van der Waals surface area contributed by atoms with Gasteiger partial charge in [0.2, 0.25) is 5.89 Å². The standard InChI is InChI=1S/C13H14BrN3O4/c1-19-13(18)8-4-5-17(6-8)7-11-15-16-12(21-11)9-2-3-10(14)20-9/h2-3,8H,4-7H2,1H3. The monoisotopic (exact) mass is 355 g/mol. The van der Waals surface area contributed by atoms with Crippen molar-refractivity contribution in [2.45, 2.75) is 13.0 Å². The van der Waals surface area contributed by atoms with Crippen molar-refractivity contribution in [2.75, 3.05) is 20.2 Å². The van der Waals surface area contributed by atoms with Gasteiger partial charge in [0, 0.05) is 6.54 Å². The summed E-state index contributed by atoms with van der Waals surface area (Å²) in [5, 5.41) is 7.97. The molecule has 1 fully saturated rings. The number of hydrogen-bond donors (Lipinski definition) is 0. The maximum atomic E-state index is 11.5. The highest BCUT2D eigenvalue weighted by molar-refractivity contribution is 9.10. The lowest BCUT2D eigenvalue weighted by molar-refractivity contribution is -0.144. The van der Waals surface area contributed by atoms with E-state index < -0.39 is 0 Å². The third kappa shape index (κ3) is 3.16. The second-order valence-electron chi connectivity index (χ2n) is 4.85. The van der Waals surface area contributed by atoms with Gasteiger partial charge in [-0.05, 0) is 41.0 Å². The van der Waals surface area contributed by atoms with Gasteiger partial charge < -0.3 is 13.6 Å². The van der Waals surface area contributed by atoms with Crippen molar-refractivity contribution >= 4 is 21.9 Å². The Labute approximate surface area is 129 Å². The highest BCUT2D eigenvalue weighted by Crippen LogP contribution is 2.25. The fourth-order valence-corrected chi connectivity index (χ4v) is 2.68. The second-order valence-corrected chi connectivity index (χ2v) is 5.63. The van der Waals surface area contributed by atoms with E-state index in [1.807, 2.05) is 0 Å². The molecule has 2 aromatic rings. The normalized spacial score (nSPS) is 19.0. The van der Waals surface area contributed by atoms with Gasteiger partial charge in [-0.2, -0.15) is 0 Å². The van der Waals surface area contributed by atoms with E-state index in [1.165, 1.54) is 7.11 Å². The first-order valence-corrected chi connectivity index (χ1v) is 7.33. The van der Waals surface area contributed by atoms with Gasteiger partial charge in [0.15, 0.2) is 10.4 Å². The fraction of sp³-hybridized carbons (Fsp3) is 0.462. The third-order valence-electron chi connectivity index (χ3n) is 3.42. The molecule has 0 N–H and O–H groups in total. The highest BCUT2D eigenvalue weighted by Gasteiger charge is 2.29. The van der Waals surface area contributed by atoms with E-state index >= 15 is 0 Å². The summed E-state index contributed by atoms with van der Waals surface area (Å²) in [7, 11) is 1.41. The largest absolute Gasteiger partial charge is 0.469 e. The quantitative estimate of drug-likeness (QED) is 0.776. The number of nitrogens with zero attached hydrogens (tertiary/aromatic N) is 3. The predicted molar refractivity (Wildman–Crippen MR) is 75.1 cm³/mol. The van der Waals surface area contributed by atoms with Crippen LogP contribution in [0.5, 0.6) is 0 Å². The Morgan fingerprint density at radius 2 is 2.33 bits per heavy atom. The zero-order valence-corrected chi connectivity index (χ0v) is 13.0. The van der Waals surface area contributed by atoms with Gasteiger partial charge in [-0.25, -0.2) is 0 Å². The number of aromatic nitrogens is 2. The van der Waals surface area contributed by atoms with Crippen LogP contribution in [0.15, 0.2) is 25.6 Å². The van der Waals surface area contributed by atoms with E-state index in [2.05, 4.69) is 31.0 Å². The first kappa shape index (κ1) is 14.3. The van der Waals surface area contributed by atoms with Crippen LogP contribution < -0.4 is 0 Å². The van der Waals surface area contributed by atoms with Crippen molar-refractivity contribution in [1.82, 2.24) is 15.1 Å². The molecule has 0 saturated carbocycles. The van der Waals surface area contributed by atoms with Gasteiger partial charge >= 0.3 is 5.97 Å². The van der Waals surface area contributed by atoms with Crippen LogP contribution in [0.25, 0.3) is 11.7 Å². The number of ether oxygens (including phenoxy) is 1. The van der Waals surface area contributed by atoms with Crippen molar-refractivity contribution in [2.24, 2.45) is 5.92 Å². The van der Waals surface area contributed by atoms with Gasteiger partial charge in [-0.1, -0.05) is 0 Å². The summed E-state index contributed by atoms with van der Waals surface area (Å²) in [6.07, 6.45) is 0.790. The number of carbonyl (C=O) groups is 1. The molecule has 1 atom stereocenters. The number of hydrogen-bond acceptors (Lipinski definition) is 7. The average molecular weight is 356 g/mol. The molecule has 1 saturated heterocycles. The highest BCUT2D eigenvalue weighted by atomic mass is 79.9. The fourth-order valence-electron chi connectivity index (χ4n) is 2.37. The molecule has 0 amide bonds. The molecule has 3 heterocycles. The lowest BCUT2D eigenvalue weighted by Crippen LogP contribution is -2.23. The molecule has 0 aliphatic carbocycles. The molecule has 112 valence electrons. The van der Waals surface area contributed by atoms with Gasteiger partial charge in [0.25, 0.3) is 5.89 Å². The predicted octanol–water partition coefficient (Wildman–Crippen LogP) is 2.09. The van der Waals surface area contributed by atoms with Crippen molar-refractivity contribution in [3.63, 3.8) is 0 Å². The topological polar surface area (TPSA) is 81.6 Å². The molecule has 8 heteroatoms. The lowest BCUT2D eigenvalue weighted by Gasteiger charge is -2.12. The molecular formula is C13H14BrN3O4. The Balaban J connectivity index is 1.62. The van der Waals surface area contributed by atoms with Crippen LogP contribution in [0.1, 0.15) is 12.3 Å². The van der Waals surface area contributed by atoms with E-state index in [-0.39, 0.29) is 11.9 Å². The van der Waals surface area contributed by atoms with Crippen LogP contribution in [-0.4, -0.2) is 41.3 Å².